The van der Waals surface area contributed by atoms with E-state index in [1.165, 1.54) is 4.90 Å². The molecule has 2 aliphatic heterocycles. The van der Waals surface area contributed by atoms with Crippen molar-refractivity contribution in [1.82, 2.24) is 10.2 Å². The fourth-order valence-corrected chi connectivity index (χ4v) is 4.12. The number of imide groups is 1. The number of nitrogens with one attached hydrogen (secondary N) is 1. The lowest BCUT2D eigenvalue weighted by Gasteiger charge is -2.26. The molecule has 6 nitrogen and oxygen atoms in total. The van der Waals surface area contributed by atoms with Crippen LogP contribution in [0.5, 0.6) is 11.5 Å². The predicted molar refractivity (Wildman–Crippen MR) is 110 cm³/mol. The first-order valence-corrected chi connectivity index (χ1v) is 10.2. The van der Waals surface area contributed by atoms with Crippen LogP contribution >= 0.6 is 23.2 Å². The van der Waals surface area contributed by atoms with Gasteiger partial charge in [0.25, 0.3) is 5.91 Å². The van der Waals surface area contributed by atoms with Crippen molar-refractivity contribution in [2.24, 2.45) is 0 Å². The standard InChI is InChI=1S/C21H20Cl2N2O4/c1-2-21(14-4-6-15(22)7-5-14)19(26)25(20(27)24-21)12-13-10-16(23)18-17(11-13)28-8-3-9-29-18/h4-7,10-11H,2-3,8-9,12H2,1H3,(H,24,27)/t21-/m0/s1. The zero-order valence-corrected chi connectivity index (χ0v) is 17.3. The number of carbonyl (C=O) groups is 2. The molecule has 0 spiro atoms. The Kier molecular flexibility index (Phi) is 5.32. The van der Waals surface area contributed by atoms with Crippen LogP contribution in [-0.4, -0.2) is 30.1 Å². The van der Waals surface area contributed by atoms with E-state index in [2.05, 4.69) is 5.32 Å². The summed E-state index contributed by atoms with van der Waals surface area (Å²) in [6, 6.07) is 9.95. The summed E-state index contributed by atoms with van der Waals surface area (Å²) in [5, 5.41) is 3.82. The molecule has 1 atom stereocenters. The van der Waals surface area contributed by atoms with Gasteiger partial charge in [0, 0.05) is 11.4 Å². The molecule has 2 aromatic carbocycles. The van der Waals surface area contributed by atoms with E-state index < -0.39 is 11.6 Å². The molecule has 0 radical (unpaired) electrons. The van der Waals surface area contributed by atoms with Crippen LogP contribution in [0, 0.1) is 0 Å². The highest BCUT2D eigenvalue weighted by molar-refractivity contribution is 6.32. The highest BCUT2D eigenvalue weighted by atomic mass is 35.5. The predicted octanol–water partition coefficient (Wildman–Crippen LogP) is 4.51. The summed E-state index contributed by atoms with van der Waals surface area (Å²) in [5.74, 6) is 0.709. The number of nitrogens with zero attached hydrogens (tertiary/aromatic N) is 1. The number of amides is 3. The molecule has 0 bridgehead atoms. The van der Waals surface area contributed by atoms with Crippen molar-refractivity contribution in [3.63, 3.8) is 0 Å². The molecular weight excluding hydrogens is 415 g/mol. The van der Waals surface area contributed by atoms with Gasteiger partial charge in [-0.1, -0.05) is 42.3 Å². The minimum absolute atomic E-state index is 0.0797. The number of benzene rings is 2. The largest absolute Gasteiger partial charge is 0.489 e. The fourth-order valence-electron chi connectivity index (χ4n) is 3.70. The fraction of sp³-hybridized carbons (Fsp3) is 0.333. The molecule has 152 valence electrons. The molecule has 1 fully saturated rings. The lowest BCUT2D eigenvalue weighted by molar-refractivity contribution is -0.132. The van der Waals surface area contributed by atoms with Crippen molar-refractivity contribution in [1.29, 1.82) is 0 Å². The number of halogens is 2. The molecule has 8 heteroatoms. The van der Waals surface area contributed by atoms with E-state index in [1.807, 2.05) is 6.92 Å². The average molecular weight is 435 g/mol. The molecule has 0 saturated carbocycles. The summed E-state index contributed by atoms with van der Waals surface area (Å²) < 4.78 is 11.3. The number of hydrogen-bond acceptors (Lipinski definition) is 4. The van der Waals surface area contributed by atoms with Crippen LogP contribution in [0.25, 0.3) is 0 Å². The number of hydrogen-bond donors (Lipinski definition) is 1. The van der Waals surface area contributed by atoms with Crippen LogP contribution in [0.4, 0.5) is 4.79 Å². The molecule has 0 aromatic heterocycles. The van der Waals surface area contributed by atoms with Crippen LogP contribution in [0.15, 0.2) is 36.4 Å². The Hall–Kier alpha value is -2.44. The molecule has 2 aromatic rings. The second-order valence-electron chi connectivity index (χ2n) is 7.04. The van der Waals surface area contributed by atoms with E-state index >= 15 is 0 Å². The Balaban J connectivity index is 1.64. The molecule has 3 amide bonds. The van der Waals surface area contributed by atoms with E-state index in [0.717, 1.165) is 6.42 Å². The van der Waals surface area contributed by atoms with Gasteiger partial charge in [-0.25, -0.2) is 4.79 Å². The van der Waals surface area contributed by atoms with Crippen LogP contribution < -0.4 is 14.8 Å². The summed E-state index contributed by atoms with van der Waals surface area (Å²) in [7, 11) is 0. The lowest BCUT2D eigenvalue weighted by Crippen LogP contribution is -2.43. The van der Waals surface area contributed by atoms with Gasteiger partial charge in [0.05, 0.1) is 24.8 Å². The van der Waals surface area contributed by atoms with Crippen molar-refractivity contribution < 1.29 is 19.1 Å². The molecule has 1 N–H and O–H groups in total. The number of rotatable bonds is 4. The van der Waals surface area contributed by atoms with E-state index in [4.69, 9.17) is 32.7 Å². The topological polar surface area (TPSA) is 67.9 Å². The highest BCUT2D eigenvalue weighted by Gasteiger charge is 2.51. The molecule has 4 rings (SSSR count). The van der Waals surface area contributed by atoms with Gasteiger partial charge in [-0.3, -0.25) is 9.69 Å². The van der Waals surface area contributed by atoms with Gasteiger partial charge >= 0.3 is 6.03 Å². The first-order chi connectivity index (χ1) is 13.9. The quantitative estimate of drug-likeness (QED) is 0.718. The molecule has 2 aliphatic rings. The molecule has 1 saturated heterocycles. The summed E-state index contributed by atoms with van der Waals surface area (Å²) in [6.07, 6.45) is 1.17. The lowest BCUT2D eigenvalue weighted by atomic mass is 9.87. The van der Waals surface area contributed by atoms with Crippen molar-refractivity contribution in [3.05, 3.63) is 57.6 Å². The molecular formula is C21H20Cl2N2O4. The molecule has 0 aliphatic carbocycles. The van der Waals surface area contributed by atoms with Crippen molar-refractivity contribution in [2.45, 2.75) is 31.8 Å². The third-order valence-corrected chi connectivity index (χ3v) is 5.78. The van der Waals surface area contributed by atoms with E-state index in [-0.39, 0.29) is 12.5 Å². The first kappa shape index (κ1) is 19.9. The second-order valence-corrected chi connectivity index (χ2v) is 7.89. The van der Waals surface area contributed by atoms with Gasteiger partial charge < -0.3 is 14.8 Å². The van der Waals surface area contributed by atoms with E-state index in [1.54, 1.807) is 36.4 Å². The zero-order valence-electron chi connectivity index (χ0n) is 15.8. The number of urea groups is 1. The van der Waals surface area contributed by atoms with Gasteiger partial charge in [-0.2, -0.15) is 0 Å². The Labute approximate surface area is 178 Å². The van der Waals surface area contributed by atoms with Crippen LogP contribution in [0.1, 0.15) is 30.9 Å². The van der Waals surface area contributed by atoms with Crippen LogP contribution in [-0.2, 0) is 16.9 Å². The maximum absolute atomic E-state index is 13.3. The summed E-state index contributed by atoms with van der Waals surface area (Å²) >= 11 is 12.3. The van der Waals surface area contributed by atoms with Gasteiger partial charge in [0.15, 0.2) is 11.5 Å². The minimum Gasteiger partial charge on any atom is -0.489 e. The third-order valence-electron chi connectivity index (χ3n) is 5.25. The number of fused-ring (bicyclic) bond motifs is 1. The maximum Gasteiger partial charge on any atom is 0.325 e. The van der Waals surface area contributed by atoms with Crippen molar-refractivity contribution in [3.8, 4) is 11.5 Å². The SMILES string of the molecule is CC[C@@]1(c2ccc(Cl)cc2)NC(=O)N(Cc2cc(Cl)c3c(c2)OCCCO3)C1=O. The summed E-state index contributed by atoms with van der Waals surface area (Å²) in [6.45, 7) is 2.99. The third kappa shape index (κ3) is 3.51. The monoisotopic (exact) mass is 434 g/mol. The second kappa shape index (κ2) is 7.76. The molecule has 0 unspecified atom stereocenters. The minimum atomic E-state index is -1.11. The van der Waals surface area contributed by atoms with Crippen LogP contribution in [0.2, 0.25) is 10.0 Å². The Morgan fingerprint density at radius 1 is 1.10 bits per heavy atom. The van der Waals surface area contributed by atoms with Crippen molar-refractivity contribution in [2.75, 3.05) is 13.2 Å². The normalized spacial score (nSPS) is 21.1. The van der Waals surface area contributed by atoms with E-state index in [0.29, 0.717) is 52.3 Å². The maximum atomic E-state index is 13.3. The molecule has 29 heavy (non-hydrogen) atoms. The zero-order chi connectivity index (χ0) is 20.6. The summed E-state index contributed by atoms with van der Waals surface area (Å²) in [5.41, 5.74) is 0.268. The first-order valence-electron chi connectivity index (χ1n) is 9.43. The Morgan fingerprint density at radius 3 is 2.55 bits per heavy atom. The highest BCUT2D eigenvalue weighted by Crippen LogP contribution is 2.39. The van der Waals surface area contributed by atoms with Gasteiger partial charge in [0.2, 0.25) is 0 Å². The summed E-state index contributed by atoms with van der Waals surface area (Å²) in [4.78, 5) is 27.2. The number of carbonyl (C=O) groups excluding carboxylic acids is 2. The van der Waals surface area contributed by atoms with Crippen molar-refractivity contribution >= 4 is 35.1 Å². The van der Waals surface area contributed by atoms with E-state index in [9.17, 15) is 9.59 Å². The Morgan fingerprint density at radius 2 is 1.83 bits per heavy atom. The van der Waals surface area contributed by atoms with Gasteiger partial charge in [-0.05, 0) is 41.8 Å². The van der Waals surface area contributed by atoms with Crippen LogP contribution in [0.3, 0.4) is 0 Å². The smallest absolute Gasteiger partial charge is 0.325 e. The van der Waals surface area contributed by atoms with Gasteiger partial charge in [-0.15, -0.1) is 0 Å². The number of ether oxygens (including phenoxy) is 2. The Bertz CT molecular complexity index is 964. The average Bonchev–Trinajstić information content (AvgIpc) is 2.87. The van der Waals surface area contributed by atoms with Gasteiger partial charge in [0.1, 0.15) is 5.54 Å². The molecule has 2 heterocycles.